The van der Waals surface area contributed by atoms with Gasteiger partial charge in [0, 0.05) is 5.69 Å². The standard InChI is InChI=1S/C16H15N2O3/c17-15(19)10-18-14-9-5-4-8-13(14)16(20)21-11-12-6-2-1-3-7-12/h1-9,17-18H,10-11H2. The van der Waals surface area contributed by atoms with Gasteiger partial charge in [-0.05, 0) is 17.7 Å². The summed E-state index contributed by atoms with van der Waals surface area (Å²) in [6.45, 7) is 0.0361. The summed E-state index contributed by atoms with van der Waals surface area (Å²) in [5, 5.41) is 2.75. The fourth-order valence-corrected chi connectivity index (χ4v) is 1.79. The molecule has 0 saturated carbocycles. The number of hydrogen-bond acceptors (Lipinski definition) is 4. The van der Waals surface area contributed by atoms with Crippen molar-refractivity contribution in [1.82, 2.24) is 5.73 Å². The minimum absolute atomic E-state index is 0.150. The van der Waals surface area contributed by atoms with E-state index in [0.717, 1.165) is 5.56 Å². The van der Waals surface area contributed by atoms with Crippen LogP contribution in [0.4, 0.5) is 5.69 Å². The first-order valence-corrected chi connectivity index (χ1v) is 6.45. The molecule has 2 N–H and O–H groups in total. The van der Waals surface area contributed by atoms with E-state index in [4.69, 9.17) is 10.5 Å². The van der Waals surface area contributed by atoms with Crippen LogP contribution in [0.1, 0.15) is 15.9 Å². The fourth-order valence-electron chi connectivity index (χ4n) is 1.79. The lowest BCUT2D eigenvalue weighted by atomic mass is 10.1. The summed E-state index contributed by atoms with van der Waals surface area (Å²) in [7, 11) is 0. The van der Waals surface area contributed by atoms with Gasteiger partial charge < -0.3 is 10.1 Å². The minimum Gasteiger partial charge on any atom is -0.457 e. The van der Waals surface area contributed by atoms with E-state index in [2.05, 4.69) is 5.32 Å². The molecule has 0 unspecified atom stereocenters. The van der Waals surface area contributed by atoms with Gasteiger partial charge in [0.25, 0.3) is 5.91 Å². The Labute approximate surface area is 122 Å². The molecule has 21 heavy (non-hydrogen) atoms. The Bertz CT molecular complexity index is 626. The van der Waals surface area contributed by atoms with Crippen LogP contribution in [0.5, 0.6) is 0 Å². The molecule has 0 aromatic heterocycles. The zero-order valence-corrected chi connectivity index (χ0v) is 11.3. The van der Waals surface area contributed by atoms with Gasteiger partial charge in [0.05, 0.1) is 12.1 Å². The number of carbonyl (C=O) groups is 2. The largest absolute Gasteiger partial charge is 0.457 e. The van der Waals surface area contributed by atoms with Crippen LogP contribution in [-0.4, -0.2) is 18.4 Å². The molecule has 2 rings (SSSR count). The van der Waals surface area contributed by atoms with E-state index in [1.54, 1.807) is 24.3 Å². The van der Waals surface area contributed by atoms with Crippen molar-refractivity contribution in [2.45, 2.75) is 6.61 Å². The van der Waals surface area contributed by atoms with Crippen molar-refractivity contribution >= 4 is 17.6 Å². The van der Waals surface area contributed by atoms with Crippen LogP contribution < -0.4 is 11.1 Å². The number of rotatable bonds is 6. The Balaban J connectivity index is 2.03. The molecule has 0 atom stereocenters. The normalized spacial score (nSPS) is 9.90. The number of para-hydroxylation sites is 1. The first-order chi connectivity index (χ1) is 10.2. The van der Waals surface area contributed by atoms with E-state index in [1.807, 2.05) is 30.3 Å². The maximum absolute atomic E-state index is 12.1. The van der Waals surface area contributed by atoms with E-state index in [0.29, 0.717) is 11.3 Å². The summed E-state index contributed by atoms with van der Waals surface area (Å²) in [6, 6.07) is 16.1. The highest BCUT2D eigenvalue weighted by atomic mass is 16.5. The molecule has 5 nitrogen and oxygen atoms in total. The summed E-state index contributed by atoms with van der Waals surface area (Å²) in [4.78, 5) is 22.8. The SMILES string of the molecule is [NH]C(=O)CNc1ccccc1C(=O)OCc1ccccc1. The van der Waals surface area contributed by atoms with Crippen molar-refractivity contribution in [3.05, 3.63) is 65.7 Å². The van der Waals surface area contributed by atoms with E-state index < -0.39 is 11.9 Å². The molecule has 0 spiro atoms. The number of esters is 1. The maximum atomic E-state index is 12.1. The molecule has 0 aliphatic carbocycles. The summed E-state index contributed by atoms with van der Waals surface area (Å²) in [5.74, 6) is -1.22. The predicted octanol–water partition coefficient (Wildman–Crippen LogP) is 2.27. The molecule has 2 aromatic rings. The first kappa shape index (κ1) is 14.6. The number of nitrogens with one attached hydrogen (secondary N) is 2. The molecule has 2 aromatic carbocycles. The Morgan fingerprint density at radius 1 is 1.00 bits per heavy atom. The number of benzene rings is 2. The van der Waals surface area contributed by atoms with E-state index in [1.165, 1.54) is 0 Å². The van der Waals surface area contributed by atoms with E-state index >= 15 is 0 Å². The van der Waals surface area contributed by atoms with Gasteiger partial charge in [0.2, 0.25) is 0 Å². The molecule has 107 valence electrons. The molecule has 0 saturated heterocycles. The molecule has 0 fully saturated rings. The maximum Gasteiger partial charge on any atom is 0.340 e. The van der Waals surface area contributed by atoms with Gasteiger partial charge >= 0.3 is 5.97 Å². The highest BCUT2D eigenvalue weighted by Crippen LogP contribution is 2.16. The molecule has 0 bridgehead atoms. The van der Waals surface area contributed by atoms with Crippen LogP contribution in [0.25, 0.3) is 0 Å². The third kappa shape index (κ3) is 4.35. The molecule has 0 heterocycles. The molecular weight excluding hydrogens is 268 g/mol. The van der Waals surface area contributed by atoms with Crippen molar-refractivity contribution in [3.8, 4) is 0 Å². The summed E-state index contributed by atoms with van der Waals surface area (Å²) >= 11 is 0. The van der Waals surface area contributed by atoms with Crippen molar-refractivity contribution in [3.63, 3.8) is 0 Å². The van der Waals surface area contributed by atoms with Gasteiger partial charge in [-0.3, -0.25) is 10.5 Å². The second kappa shape index (κ2) is 7.09. The fraction of sp³-hybridized carbons (Fsp3) is 0.125. The lowest BCUT2D eigenvalue weighted by Gasteiger charge is -2.10. The smallest absolute Gasteiger partial charge is 0.340 e. The van der Waals surface area contributed by atoms with E-state index in [9.17, 15) is 9.59 Å². The summed E-state index contributed by atoms with van der Waals surface area (Å²) in [6.07, 6.45) is 0. The van der Waals surface area contributed by atoms with Crippen LogP contribution in [0.3, 0.4) is 0 Å². The Morgan fingerprint density at radius 3 is 2.38 bits per heavy atom. The van der Waals surface area contributed by atoms with Gasteiger partial charge in [-0.2, -0.15) is 0 Å². The van der Waals surface area contributed by atoms with Crippen molar-refractivity contribution in [1.29, 1.82) is 0 Å². The van der Waals surface area contributed by atoms with Gasteiger partial charge in [-0.1, -0.05) is 42.5 Å². The third-order valence-corrected chi connectivity index (χ3v) is 2.80. The van der Waals surface area contributed by atoms with Gasteiger partial charge in [0.15, 0.2) is 0 Å². The van der Waals surface area contributed by atoms with Gasteiger partial charge in [0.1, 0.15) is 6.61 Å². The molecule has 0 aliphatic heterocycles. The predicted molar refractivity (Wildman–Crippen MR) is 78.6 cm³/mol. The van der Waals surface area contributed by atoms with E-state index in [-0.39, 0.29) is 13.2 Å². The number of ether oxygens (including phenoxy) is 1. The summed E-state index contributed by atoms with van der Waals surface area (Å²) in [5.41, 5.74) is 8.61. The van der Waals surface area contributed by atoms with Crippen LogP contribution in [0.2, 0.25) is 0 Å². The van der Waals surface area contributed by atoms with Crippen LogP contribution in [0.15, 0.2) is 54.6 Å². The summed E-state index contributed by atoms with van der Waals surface area (Å²) < 4.78 is 5.25. The lowest BCUT2D eigenvalue weighted by molar-refractivity contribution is -0.117. The molecule has 1 radical (unpaired) electrons. The third-order valence-electron chi connectivity index (χ3n) is 2.80. The molecule has 0 aliphatic rings. The average Bonchev–Trinajstić information content (AvgIpc) is 2.52. The Morgan fingerprint density at radius 2 is 1.67 bits per heavy atom. The highest BCUT2D eigenvalue weighted by Gasteiger charge is 2.12. The van der Waals surface area contributed by atoms with Crippen molar-refractivity contribution < 1.29 is 14.3 Å². The second-order valence-electron chi connectivity index (χ2n) is 4.38. The van der Waals surface area contributed by atoms with Crippen LogP contribution in [0, 0.1) is 0 Å². The average molecular weight is 283 g/mol. The molecular formula is C16H15N2O3. The molecule has 1 amide bonds. The Hall–Kier alpha value is -2.82. The van der Waals surface area contributed by atoms with Crippen molar-refractivity contribution in [2.75, 3.05) is 11.9 Å². The van der Waals surface area contributed by atoms with Crippen LogP contribution >= 0.6 is 0 Å². The topological polar surface area (TPSA) is 79.2 Å². The Kier molecular flexibility index (Phi) is 4.93. The van der Waals surface area contributed by atoms with Crippen LogP contribution in [-0.2, 0) is 16.1 Å². The van der Waals surface area contributed by atoms with Gasteiger partial charge in [-0.15, -0.1) is 0 Å². The first-order valence-electron chi connectivity index (χ1n) is 6.45. The minimum atomic E-state index is -0.748. The lowest BCUT2D eigenvalue weighted by Crippen LogP contribution is -2.16. The number of hydrogen-bond donors (Lipinski definition) is 1. The number of anilines is 1. The molecule has 5 heteroatoms. The zero-order chi connectivity index (χ0) is 15.1. The quantitative estimate of drug-likeness (QED) is 0.825. The highest BCUT2D eigenvalue weighted by molar-refractivity contribution is 5.96. The monoisotopic (exact) mass is 283 g/mol. The number of amides is 1. The zero-order valence-electron chi connectivity index (χ0n) is 11.3. The van der Waals surface area contributed by atoms with Crippen molar-refractivity contribution in [2.24, 2.45) is 0 Å². The number of carbonyl (C=O) groups excluding carboxylic acids is 2. The van der Waals surface area contributed by atoms with Gasteiger partial charge in [-0.25, -0.2) is 4.79 Å². The second-order valence-corrected chi connectivity index (χ2v) is 4.38.